The van der Waals surface area contributed by atoms with Crippen LogP contribution in [-0.4, -0.2) is 55.6 Å². The SMILES string of the molecule is CCNC(=NCc1ccc(S(=O)(=O)N2CCCCC2)cc1)NC1CCC(O)CC1. The molecule has 162 valence electrons. The van der Waals surface area contributed by atoms with E-state index in [1.165, 1.54) is 0 Å². The molecule has 1 aromatic carbocycles. The van der Waals surface area contributed by atoms with Crippen molar-refractivity contribution in [3.8, 4) is 0 Å². The molecule has 0 spiro atoms. The highest BCUT2D eigenvalue weighted by Crippen LogP contribution is 2.21. The fourth-order valence-electron chi connectivity index (χ4n) is 3.93. The second-order valence-electron chi connectivity index (χ2n) is 7.95. The zero-order valence-electron chi connectivity index (χ0n) is 17.3. The van der Waals surface area contributed by atoms with Crippen molar-refractivity contribution in [3.05, 3.63) is 29.8 Å². The molecular weight excluding hydrogens is 388 g/mol. The Kier molecular flexibility index (Phi) is 7.91. The van der Waals surface area contributed by atoms with Gasteiger partial charge in [0.25, 0.3) is 0 Å². The van der Waals surface area contributed by atoms with Crippen molar-refractivity contribution in [1.82, 2.24) is 14.9 Å². The molecule has 0 amide bonds. The van der Waals surface area contributed by atoms with Gasteiger partial charge in [-0.1, -0.05) is 18.6 Å². The summed E-state index contributed by atoms with van der Waals surface area (Å²) in [5.41, 5.74) is 0.971. The van der Waals surface area contributed by atoms with Gasteiger partial charge in [-0.3, -0.25) is 0 Å². The van der Waals surface area contributed by atoms with Crippen molar-refractivity contribution in [2.45, 2.75) is 75.5 Å². The van der Waals surface area contributed by atoms with Crippen molar-refractivity contribution >= 4 is 16.0 Å². The Balaban J connectivity index is 1.61. The van der Waals surface area contributed by atoms with Gasteiger partial charge in [-0.05, 0) is 63.1 Å². The normalized spacial score (nSPS) is 24.3. The Bertz CT molecular complexity index is 766. The van der Waals surface area contributed by atoms with E-state index in [9.17, 15) is 13.5 Å². The lowest BCUT2D eigenvalue weighted by molar-refractivity contribution is 0.120. The second-order valence-corrected chi connectivity index (χ2v) is 9.89. The topological polar surface area (TPSA) is 94.0 Å². The van der Waals surface area contributed by atoms with Crippen LogP contribution in [0.15, 0.2) is 34.2 Å². The van der Waals surface area contributed by atoms with E-state index in [-0.39, 0.29) is 6.10 Å². The summed E-state index contributed by atoms with van der Waals surface area (Å²) in [6.45, 7) is 4.51. The van der Waals surface area contributed by atoms with Crippen molar-refractivity contribution in [1.29, 1.82) is 0 Å². The van der Waals surface area contributed by atoms with Crippen molar-refractivity contribution in [2.24, 2.45) is 4.99 Å². The average Bonchev–Trinajstić information content (AvgIpc) is 2.75. The fourth-order valence-corrected chi connectivity index (χ4v) is 5.44. The monoisotopic (exact) mass is 422 g/mol. The van der Waals surface area contributed by atoms with Crippen LogP contribution < -0.4 is 10.6 Å². The maximum Gasteiger partial charge on any atom is 0.243 e. The zero-order valence-corrected chi connectivity index (χ0v) is 18.1. The molecule has 0 radical (unpaired) electrons. The van der Waals surface area contributed by atoms with Crippen LogP contribution in [0, 0.1) is 0 Å². The Morgan fingerprint density at radius 2 is 1.76 bits per heavy atom. The Hall–Kier alpha value is -1.64. The van der Waals surface area contributed by atoms with Gasteiger partial charge in [-0.25, -0.2) is 13.4 Å². The molecule has 1 aliphatic heterocycles. The Morgan fingerprint density at radius 1 is 1.10 bits per heavy atom. The maximum absolute atomic E-state index is 12.8. The minimum atomic E-state index is -3.39. The molecule has 3 N–H and O–H groups in total. The highest BCUT2D eigenvalue weighted by molar-refractivity contribution is 7.89. The van der Waals surface area contributed by atoms with Gasteiger partial charge in [0.15, 0.2) is 5.96 Å². The van der Waals surface area contributed by atoms with E-state index in [1.54, 1.807) is 16.4 Å². The minimum Gasteiger partial charge on any atom is -0.393 e. The number of piperidine rings is 1. The smallest absolute Gasteiger partial charge is 0.243 e. The predicted molar refractivity (Wildman–Crippen MR) is 115 cm³/mol. The van der Waals surface area contributed by atoms with Crippen LogP contribution in [0.1, 0.15) is 57.4 Å². The standard InChI is InChI=1S/C21H34N4O3S/c1-2-22-21(24-18-8-10-19(26)11-9-18)23-16-17-6-12-20(13-7-17)29(27,28)25-14-4-3-5-15-25/h6-7,12-13,18-19,26H,2-5,8-11,14-16H2,1H3,(H2,22,23,24). The van der Waals surface area contributed by atoms with Crippen LogP contribution in [0.4, 0.5) is 0 Å². The molecule has 3 rings (SSSR count). The van der Waals surface area contributed by atoms with Gasteiger partial charge in [0.1, 0.15) is 0 Å². The molecule has 1 saturated heterocycles. The minimum absolute atomic E-state index is 0.174. The summed E-state index contributed by atoms with van der Waals surface area (Å²) in [5.74, 6) is 0.763. The largest absolute Gasteiger partial charge is 0.393 e. The summed E-state index contributed by atoms with van der Waals surface area (Å²) in [7, 11) is -3.39. The lowest BCUT2D eigenvalue weighted by Crippen LogP contribution is -2.45. The number of nitrogens with zero attached hydrogens (tertiary/aromatic N) is 2. The fraction of sp³-hybridized carbons (Fsp3) is 0.667. The highest BCUT2D eigenvalue weighted by Gasteiger charge is 2.25. The number of rotatable bonds is 6. The summed E-state index contributed by atoms with van der Waals surface area (Å²) in [5, 5.41) is 16.4. The lowest BCUT2D eigenvalue weighted by atomic mass is 9.93. The van der Waals surface area contributed by atoms with Crippen molar-refractivity contribution in [2.75, 3.05) is 19.6 Å². The quantitative estimate of drug-likeness (QED) is 0.483. The highest BCUT2D eigenvalue weighted by atomic mass is 32.2. The molecule has 7 nitrogen and oxygen atoms in total. The number of aliphatic imine (C=N–C) groups is 1. The molecule has 2 fully saturated rings. The molecule has 29 heavy (non-hydrogen) atoms. The van der Waals surface area contributed by atoms with E-state index < -0.39 is 10.0 Å². The summed E-state index contributed by atoms with van der Waals surface area (Å²) < 4.78 is 27.1. The molecule has 1 saturated carbocycles. The molecule has 1 heterocycles. The molecule has 1 aromatic rings. The number of hydrogen-bond donors (Lipinski definition) is 3. The van der Waals surface area contributed by atoms with Gasteiger partial charge in [0.2, 0.25) is 10.0 Å². The van der Waals surface area contributed by atoms with Crippen LogP contribution in [0.5, 0.6) is 0 Å². The summed E-state index contributed by atoms with van der Waals surface area (Å²) in [6.07, 6.45) is 6.33. The number of aliphatic hydroxyl groups excluding tert-OH is 1. The summed E-state index contributed by atoms with van der Waals surface area (Å²) in [4.78, 5) is 5.01. The number of guanidine groups is 1. The lowest BCUT2D eigenvalue weighted by Gasteiger charge is -2.27. The van der Waals surface area contributed by atoms with Gasteiger partial charge in [0, 0.05) is 25.7 Å². The van der Waals surface area contributed by atoms with E-state index in [4.69, 9.17) is 0 Å². The molecular formula is C21H34N4O3S. The van der Waals surface area contributed by atoms with Crippen LogP contribution in [0.3, 0.4) is 0 Å². The van der Waals surface area contributed by atoms with Gasteiger partial charge in [-0.2, -0.15) is 4.31 Å². The van der Waals surface area contributed by atoms with Crippen molar-refractivity contribution in [3.63, 3.8) is 0 Å². The molecule has 0 atom stereocenters. The number of hydrogen-bond acceptors (Lipinski definition) is 4. The van der Waals surface area contributed by atoms with E-state index in [1.807, 2.05) is 19.1 Å². The third kappa shape index (κ3) is 6.17. The average molecular weight is 423 g/mol. The van der Waals surface area contributed by atoms with E-state index in [2.05, 4.69) is 15.6 Å². The second kappa shape index (κ2) is 10.4. The number of nitrogens with one attached hydrogen (secondary N) is 2. The van der Waals surface area contributed by atoms with Crippen molar-refractivity contribution < 1.29 is 13.5 Å². The first-order valence-electron chi connectivity index (χ1n) is 10.8. The van der Waals surface area contributed by atoms with Gasteiger partial charge < -0.3 is 15.7 Å². The molecule has 1 aliphatic carbocycles. The van der Waals surface area contributed by atoms with Crippen LogP contribution in [-0.2, 0) is 16.6 Å². The first kappa shape index (κ1) is 22.1. The van der Waals surface area contributed by atoms with E-state index >= 15 is 0 Å². The Labute approximate surface area is 174 Å². The number of aliphatic hydroxyl groups is 1. The summed E-state index contributed by atoms with van der Waals surface area (Å²) in [6, 6.07) is 7.41. The van der Waals surface area contributed by atoms with E-state index in [0.717, 1.165) is 63.0 Å². The van der Waals surface area contributed by atoms with E-state index in [0.29, 0.717) is 30.6 Å². The third-order valence-electron chi connectivity index (χ3n) is 5.68. The zero-order chi connectivity index (χ0) is 20.7. The number of benzene rings is 1. The Morgan fingerprint density at radius 3 is 2.38 bits per heavy atom. The first-order chi connectivity index (χ1) is 14.0. The maximum atomic E-state index is 12.8. The van der Waals surface area contributed by atoms with Crippen LogP contribution >= 0.6 is 0 Å². The van der Waals surface area contributed by atoms with Crippen LogP contribution in [0.2, 0.25) is 0 Å². The van der Waals surface area contributed by atoms with Gasteiger partial charge >= 0.3 is 0 Å². The van der Waals surface area contributed by atoms with Gasteiger partial charge in [0.05, 0.1) is 17.5 Å². The number of sulfonamides is 1. The van der Waals surface area contributed by atoms with Gasteiger partial charge in [-0.15, -0.1) is 0 Å². The molecule has 0 aromatic heterocycles. The predicted octanol–water partition coefficient (Wildman–Crippen LogP) is 2.22. The third-order valence-corrected chi connectivity index (χ3v) is 7.59. The first-order valence-corrected chi connectivity index (χ1v) is 12.2. The summed E-state index contributed by atoms with van der Waals surface area (Å²) >= 11 is 0. The molecule has 8 heteroatoms. The molecule has 0 unspecified atom stereocenters. The van der Waals surface area contributed by atoms with Crippen LogP contribution in [0.25, 0.3) is 0 Å². The molecule has 0 bridgehead atoms. The molecule has 2 aliphatic rings.